The molecule has 6 nitrogen and oxygen atoms in total. The molecule has 1 heterocycles. The minimum Gasteiger partial charge on any atom is -0.480 e. The van der Waals surface area contributed by atoms with Crippen molar-refractivity contribution < 1.29 is 14.7 Å². The van der Waals surface area contributed by atoms with Crippen molar-refractivity contribution in [3.63, 3.8) is 0 Å². The first kappa shape index (κ1) is 13.8. The van der Waals surface area contributed by atoms with E-state index in [4.69, 9.17) is 5.11 Å². The van der Waals surface area contributed by atoms with Crippen LogP contribution in [0.3, 0.4) is 0 Å². The number of hydrogen-bond donors (Lipinski definition) is 2. The molecular weight excluding hydrogens is 222 g/mol. The largest absolute Gasteiger partial charge is 0.480 e. The zero-order valence-corrected chi connectivity index (χ0v) is 10.5. The van der Waals surface area contributed by atoms with Gasteiger partial charge in [0.15, 0.2) is 0 Å². The van der Waals surface area contributed by atoms with E-state index in [9.17, 15) is 9.59 Å². The molecule has 2 amide bonds. The van der Waals surface area contributed by atoms with Gasteiger partial charge in [0.1, 0.15) is 6.04 Å². The van der Waals surface area contributed by atoms with Crippen LogP contribution < -0.4 is 5.32 Å². The van der Waals surface area contributed by atoms with Gasteiger partial charge in [0.2, 0.25) is 0 Å². The first-order valence-corrected chi connectivity index (χ1v) is 6.05. The lowest BCUT2D eigenvalue weighted by Gasteiger charge is -2.34. The highest BCUT2D eigenvalue weighted by Gasteiger charge is 2.23. The van der Waals surface area contributed by atoms with Crippen molar-refractivity contribution in [2.24, 2.45) is 0 Å². The Balaban J connectivity index is 2.33. The van der Waals surface area contributed by atoms with Gasteiger partial charge in [-0.15, -0.1) is 0 Å². The number of nitrogens with zero attached hydrogens (tertiary/aromatic N) is 2. The summed E-state index contributed by atoms with van der Waals surface area (Å²) in [6.45, 7) is 7.71. The highest BCUT2D eigenvalue weighted by molar-refractivity contribution is 5.82. The maximum atomic E-state index is 11.7. The van der Waals surface area contributed by atoms with Crippen LogP contribution in [0.5, 0.6) is 0 Å². The molecule has 0 radical (unpaired) electrons. The van der Waals surface area contributed by atoms with Crippen molar-refractivity contribution in [2.45, 2.75) is 26.3 Å². The highest BCUT2D eigenvalue weighted by Crippen LogP contribution is 2.03. The number of aliphatic carboxylic acids is 1. The van der Waals surface area contributed by atoms with Gasteiger partial charge in [-0.1, -0.05) is 6.92 Å². The lowest BCUT2D eigenvalue weighted by molar-refractivity contribution is -0.138. The third-order valence-corrected chi connectivity index (χ3v) is 2.91. The molecule has 98 valence electrons. The van der Waals surface area contributed by atoms with Crippen molar-refractivity contribution in [3.8, 4) is 0 Å². The van der Waals surface area contributed by atoms with Crippen LogP contribution in [-0.4, -0.2) is 65.7 Å². The summed E-state index contributed by atoms with van der Waals surface area (Å²) >= 11 is 0. The first-order chi connectivity index (χ1) is 8.04. The molecule has 0 aromatic carbocycles. The van der Waals surface area contributed by atoms with E-state index in [0.717, 1.165) is 26.1 Å². The second-order valence-electron chi connectivity index (χ2n) is 4.34. The van der Waals surface area contributed by atoms with Crippen molar-refractivity contribution in [2.75, 3.05) is 32.7 Å². The van der Waals surface area contributed by atoms with Crippen LogP contribution in [0, 0.1) is 0 Å². The molecule has 1 saturated heterocycles. The number of urea groups is 1. The topological polar surface area (TPSA) is 72.9 Å². The second kappa shape index (κ2) is 6.44. The lowest BCUT2D eigenvalue weighted by atomic mass is 10.3. The Morgan fingerprint density at radius 3 is 2.35 bits per heavy atom. The monoisotopic (exact) mass is 243 g/mol. The van der Waals surface area contributed by atoms with Crippen LogP contribution in [-0.2, 0) is 4.79 Å². The van der Waals surface area contributed by atoms with E-state index >= 15 is 0 Å². The van der Waals surface area contributed by atoms with Crippen molar-refractivity contribution >= 4 is 12.0 Å². The average Bonchev–Trinajstić information content (AvgIpc) is 2.30. The molecule has 0 aromatic heterocycles. The maximum Gasteiger partial charge on any atom is 0.325 e. The Labute approximate surface area is 102 Å². The van der Waals surface area contributed by atoms with Gasteiger partial charge in [0.05, 0.1) is 0 Å². The number of carbonyl (C=O) groups is 2. The predicted octanol–water partition coefficient (Wildman–Crippen LogP) is 0.197. The standard InChI is InChI=1S/C11H21N3O3/c1-3-4-13-5-7-14(8-6-13)11(17)12-9(2)10(15)16/h9H,3-8H2,1-2H3,(H,12,17)(H,15,16)/t9-/m1/s1. The summed E-state index contributed by atoms with van der Waals surface area (Å²) in [4.78, 5) is 26.3. The molecule has 1 atom stereocenters. The highest BCUT2D eigenvalue weighted by atomic mass is 16.4. The van der Waals surface area contributed by atoms with Crippen molar-refractivity contribution in [1.29, 1.82) is 0 Å². The van der Waals surface area contributed by atoms with Gasteiger partial charge < -0.3 is 15.3 Å². The van der Waals surface area contributed by atoms with Gasteiger partial charge in [-0.3, -0.25) is 9.69 Å². The fourth-order valence-electron chi connectivity index (χ4n) is 1.83. The number of rotatable bonds is 4. The minimum atomic E-state index is -1.01. The summed E-state index contributed by atoms with van der Waals surface area (Å²) in [6, 6.07) is -1.12. The number of piperazine rings is 1. The Morgan fingerprint density at radius 1 is 1.29 bits per heavy atom. The molecule has 1 rings (SSSR count). The Bertz CT molecular complexity index is 275. The van der Waals surface area contributed by atoms with Crippen LogP contribution >= 0.6 is 0 Å². The Hall–Kier alpha value is -1.30. The summed E-state index contributed by atoms with van der Waals surface area (Å²) < 4.78 is 0. The number of nitrogens with one attached hydrogen (secondary N) is 1. The summed E-state index contributed by atoms with van der Waals surface area (Å²) in [5.41, 5.74) is 0. The number of hydrogen-bond acceptors (Lipinski definition) is 3. The second-order valence-corrected chi connectivity index (χ2v) is 4.34. The molecule has 0 spiro atoms. The molecule has 0 unspecified atom stereocenters. The van der Waals surface area contributed by atoms with E-state index in [-0.39, 0.29) is 6.03 Å². The number of carboxylic acid groups (broad SMARTS) is 1. The van der Waals surface area contributed by atoms with Gasteiger partial charge in [0, 0.05) is 26.2 Å². The van der Waals surface area contributed by atoms with Crippen LogP contribution in [0.2, 0.25) is 0 Å². The fraction of sp³-hybridized carbons (Fsp3) is 0.818. The normalized spacial score (nSPS) is 18.8. The molecule has 0 aliphatic carbocycles. The lowest BCUT2D eigenvalue weighted by Crippen LogP contribution is -2.54. The molecule has 1 fully saturated rings. The molecule has 1 aliphatic heterocycles. The first-order valence-electron chi connectivity index (χ1n) is 6.05. The SMILES string of the molecule is CCCN1CCN(C(=O)N[C@H](C)C(=O)O)CC1. The third-order valence-electron chi connectivity index (χ3n) is 2.91. The third kappa shape index (κ3) is 4.22. The molecule has 17 heavy (non-hydrogen) atoms. The van der Waals surface area contributed by atoms with Crippen molar-refractivity contribution in [3.05, 3.63) is 0 Å². The summed E-state index contributed by atoms with van der Waals surface area (Å²) in [7, 11) is 0. The molecule has 0 saturated carbocycles. The van der Waals surface area contributed by atoms with E-state index in [1.54, 1.807) is 4.90 Å². The van der Waals surface area contributed by atoms with E-state index in [2.05, 4.69) is 17.1 Å². The van der Waals surface area contributed by atoms with Gasteiger partial charge in [-0.05, 0) is 19.9 Å². The van der Waals surface area contributed by atoms with E-state index in [0.29, 0.717) is 13.1 Å². The molecule has 0 bridgehead atoms. The molecule has 1 aliphatic rings. The zero-order chi connectivity index (χ0) is 12.8. The minimum absolute atomic E-state index is 0.281. The number of carbonyl (C=O) groups excluding carboxylic acids is 1. The average molecular weight is 243 g/mol. The van der Waals surface area contributed by atoms with E-state index in [1.807, 2.05) is 0 Å². The van der Waals surface area contributed by atoms with Crippen LogP contribution in [0.25, 0.3) is 0 Å². The summed E-state index contributed by atoms with van der Waals surface area (Å²) in [5.74, 6) is -1.01. The smallest absolute Gasteiger partial charge is 0.325 e. The zero-order valence-electron chi connectivity index (χ0n) is 10.5. The van der Waals surface area contributed by atoms with E-state index in [1.165, 1.54) is 6.92 Å². The molecule has 2 N–H and O–H groups in total. The van der Waals surface area contributed by atoms with Crippen LogP contribution in [0.15, 0.2) is 0 Å². The van der Waals surface area contributed by atoms with Crippen LogP contribution in [0.1, 0.15) is 20.3 Å². The molecule has 6 heteroatoms. The van der Waals surface area contributed by atoms with Gasteiger partial charge in [-0.25, -0.2) is 4.79 Å². The Kier molecular flexibility index (Phi) is 5.21. The van der Waals surface area contributed by atoms with Gasteiger partial charge >= 0.3 is 12.0 Å². The summed E-state index contributed by atoms with van der Waals surface area (Å²) in [5, 5.41) is 11.2. The maximum absolute atomic E-state index is 11.7. The molecule has 0 aromatic rings. The van der Waals surface area contributed by atoms with E-state index < -0.39 is 12.0 Å². The fourth-order valence-corrected chi connectivity index (χ4v) is 1.83. The quantitative estimate of drug-likeness (QED) is 0.739. The predicted molar refractivity (Wildman–Crippen MR) is 63.9 cm³/mol. The van der Waals surface area contributed by atoms with Crippen LogP contribution in [0.4, 0.5) is 4.79 Å². The Morgan fingerprint density at radius 2 is 1.88 bits per heavy atom. The number of carboxylic acids is 1. The number of amides is 2. The van der Waals surface area contributed by atoms with Gasteiger partial charge in [0.25, 0.3) is 0 Å². The van der Waals surface area contributed by atoms with Gasteiger partial charge in [-0.2, -0.15) is 0 Å². The summed E-state index contributed by atoms with van der Waals surface area (Å²) in [6.07, 6.45) is 1.11. The molecular formula is C11H21N3O3. The van der Waals surface area contributed by atoms with Crippen molar-refractivity contribution in [1.82, 2.24) is 15.1 Å².